The van der Waals surface area contributed by atoms with Gasteiger partial charge in [-0.3, -0.25) is 4.98 Å². The van der Waals surface area contributed by atoms with Gasteiger partial charge in [0.15, 0.2) is 0 Å². The van der Waals surface area contributed by atoms with Crippen molar-refractivity contribution in [1.82, 2.24) is 20.5 Å². The van der Waals surface area contributed by atoms with E-state index in [1.165, 1.54) is 25.7 Å². The van der Waals surface area contributed by atoms with E-state index in [9.17, 15) is 9.90 Å². The van der Waals surface area contributed by atoms with Crippen LogP contribution in [0.25, 0.3) is 0 Å². The van der Waals surface area contributed by atoms with Crippen LogP contribution in [-0.2, 0) is 6.54 Å². The lowest BCUT2D eigenvalue weighted by molar-refractivity contribution is 0.114. The Labute approximate surface area is 131 Å². The normalized spacial score (nSPS) is 17.5. The molecule has 1 atom stereocenters. The maximum atomic E-state index is 11.7. The number of aliphatic hydroxyl groups excluding tert-OH is 1. The SMILES string of the molecule is O=C(NCc1ccccn1)NC[C@@H](O)CN1CCCCCC1. The van der Waals surface area contributed by atoms with Gasteiger partial charge in [0.25, 0.3) is 0 Å². The van der Waals surface area contributed by atoms with Gasteiger partial charge in [-0.25, -0.2) is 4.79 Å². The molecule has 122 valence electrons. The molecule has 3 N–H and O–H groups in total. The van der Waals surface area contributed by atoms with Crippen LogP contribution in [0.2, 0.25) is 0 Å². The standard InChI is InChI=1S/C16H26N4O2/c21-15(13-20-9-5-1-2-6-10-20)12-19-16(22)18-11-14-7-3-4-8-17-14/h3-4,7-8,15,21H,1-2,5-6,9-13H2,(H2,18,19,22)/t15-/m1/s1. The fraction of sp³-hybridized carbons (Fsp3) is 0.625. The number of likely N-dealkylation sites (tertiary alicyclic amines) is 1. The molecule has 0 bridgehead atoms. The number of hydrogen-bond acceptors (Lipinski definition) is 4. The minimum Gasteiger partial charge on any atom is -0.390 e. The third-order valence-corrected chi connectivity index (χ3v) is 3.82. The summed E-state index contributed by atoms with van der Waals surface area (Å²) in [6.07, 6.45) is 6.12. The number of hydrogen-bond donors (Lipinski definition) is 3. The van der Waals surface area contributed by atoms with Crippen LogP contribution in [0, 0.1) is 0 Å². The van der Waals surface area contributed by atoms with Crippen molar-refractivity contribution < 1.29 is 9.90 Å². The average Bonchev–Trinajstić information content (AvgIpc) is 2.80. The molecule has 0 saturated carbocycles. The molecule has 0 aliphatic carbocycles. The summed E-state index contributed by atoms with van der Waals surface area (Å²) < 4.78 is 0. The van der Waals surface area contributed by atoms with Crippen molar-refractivity contribution in [2.45, 2.75) is 38.3 Å². The second-order valence-corrected chi connectivity index (χ2v) is 5.75. The van der Waals surface area contributed by atoms with Gasteiger partial charge in [0.05, 0.1) is 18.3 Å². The van der Waals surface area contributed by atoms with Gasteiger partial charge in [0.1, 0.15) is 0 Å². The molecule has 0 radical (unpaired) electrons. The van der Waals surface area contributed by atoms with Crippen LogP contribution in [0.4, 0.5) is 4.79 Å². The maximum Gasteiger partial charge on any atom is 0.315 e. The van der Waals surface area contributed by atoms with Gasteiger partial charge < -0.3 is 20.6 Å². The summed E-state index contributed by atoms with van der Waals surface area (Å²) in [4.78, 5) is 18.1. The molecule has 22 heavy (non-hydrogen) atoms. The summed E-state index contributed by atoms with van der Waals surface area (Å²) >= 11 is 0. The number of nitrogens with zero attached hydrogens (tertiary/aromatic N) is 2. The van der Waals surface area contributed by atoms with Crippen molar-refractivity contribution in [2.75, 3.05) is 26.2 Å². The van der Waals surface area contributed by atoms with Gasteiger partial charge >= 0.3 is 6.03 Å². The fourth-order valence-corrected chi connectivity index (χ4v) is 2.63. The molecule has 6 heteroatoms. The zero-order chi connectivity index (χ0) is 15.6. The smallest absolute Gasteiger partial charge is 0.315 e. The first-order valence-corrected chi connectivity index (χ1v) is 8.06. The zero-order valence-corrected chi connectivity index (χ0v) is 13.0. The number of pyridine rings is 1. The number of aromatic nitrogens is 1. The molecular weight excluding hydrogens is 280 g/mol. The van der Waals surface area contributed by atoms with Crippen molar-refractivity contribution in [3.05, 3.63) is 30.1 Å². The summed E-state index contributed by atoms with van der Waals surface area (Å²) in [6.45, 7) is 3.37. The van der Waals surface area contributed by atoms with Crippen LogP contribution < -0.4 is 10.6 Å². The van der Waals surface area contributed by atoms with Crippen molar-refractivity contribution in [1.29, 1.82) is 0 Å². The largest absolute Gasteiger partial charge is 0.390 e. The Morgan fingerprint density at radius 2 is 2.00 bits per heavy atom. The summed E-state index contributed by atoms with van der Waals surface area (Å²) in [7, 11) is 0. The van der Waals surface area contributed by atoms with E-state index in [1.54, 1.807) is 6.20 Å². The van der Waals surface area contributed by atoms with E-state index in [0.717, 1.165) is 18.8 Å². The van der Waals surface area contributed by atoms with Gasteiger partial charge in [-0.05, 0) is 38.1 Å². The number of amides is 2. The number of carbonyl (C=O) groups excluding carboxylic acids is 1. The second kappa shape index (κ2) is 9.38. The van der Waals surface area contributed by atoms with E-state index in [1.807, 2.05) is 18.2 Å². The second-order valence-electron chi connectivity index (χ2n) is 5.75. The molecular formula is C16H26N4O2. The number of rotatable bonds is 6. The van der Waals surface area contributed by atoms with Gasteiger partial charge in [-0.1, -0.05) is 18.9 Å². The zero-order valence-electron chi connectivity index (χ0n) is 13.0. The molecule has 2 amide bonds. The molecule has 0 unspecified atom stereocenters. The predicted octanol–water partition coefficient (Wildman–Crippen LogP) is 1.12. The van der Waals surface area contributed by atoms with E-state index in [2.05, 4.69) is 20.5 Å². The van der Waals surface area contributed by atoms with Crippen LogP contribution in [0.15, 0.2) is 24.4 Å². The summed E-state index contributed by atoms with van der Waals surface area (Å²) in [6, 6.07) is 5.30. The maximum absolute atomic E-state index is 11.7. The molecule has 0 spiro atoms. The summed E-state index contributed by atoms with van der Waals surface area (Å²) in [5.41, 5.74) is 0.808. The Hall–Kier alpha value is -1.66. The Bertz CT molecular complexity index is 433. The van der Waals surface area contributed by atoms with Gasteiger partial charge in [-0.15, -0.1) is 0 Å². The molecule has 0 aromatic carbocycles. The molecule has 1 saturated heterocycles. The lowest BCUT2D eigenvalue weighted by Gasteiger charge is -2.23. The van der Waals surface area contributed by atoms with Crippen LogP contribution >= 0.6 is 0 Å². The van der Waals surface area contributed by atoms with E-state index in [4.69, 9.17) is 0 Å². The highest BCUT2D eigenvalue weighted by Crippen LogP contribution is 2.09. The Kier molecular flexibility index (Phi) is 7.12. The summed E-state index contributed by atoms with van der Waals surface area (Å²) in [5, 5.41) is 15.5. The van der Waals surface area contributed by atoms with Crippen LogP contribution in [0.5, 0.6) is 0 Å². The van der Waals surface area contributed by atoms with E-state index in [-0.39, 0.29) is 12.6 Å². The molecule has 1 fully saturated rings. The number of carbonyl (C=O) groups is 1. The average molecular weight is 306 g/mol. The van der Waals surface area contributed by atoms with Crippen molar-refractivity contribution in [3.63, 3.8) is 0 Å². The third kappa shape index (κ3) is 6.41. The predicted molar refractivity (Wildman–Crippen MR) is 85.4 cm³/mol. The van der Waals surface area contributed by atoms with Gasteiger partial charge in [0, 0.05) is 19.3 Å². The summed E-state index contributed by atoms with van der Waals surface area (Å²) in [5.74, 6) is 0. The first-order chi connectivity index (χ1) is 10.7. The van der Waals surface area contributed by atoms with E-state index < -0.39 is 6.10 Å². The highest BCUT2D eigenvalue weighted by Gasteiger charge is 2.14. The molecule has 2 heterocycles. The topological polar surface area (TPSA) is 77.5 Å². The van der Waals surface area contributed by atoms with Crippen LogP contribution in [0.1, 0.15) is 31.4 Å². The Balaban J connectivity index is 1.60. The molecule has 1 aliphatic heterocycles. The van der Waals surface area contributed by atoms with Crippen molar-refractivity contribution >= 4 is 6.03 Å². The number of β-amino-alcohol motifs (C(OH)–C–C–N with tert-alkyl or cyclic N) is 1. The number of urea groups is 1. The quantitative estimate of drug-likeness (QED) is 0.736. The minimum absolute atomic E-state index is 0.268. The van der Waals surface area contributed by atoms with Crippen molar-refractivity contribution in [3.8, 4) is 0 Å². The molecule has 6 nitrogen and oxygen atoms in total. The van der Waals surface area contributed by atoms with Crippen molar-refractivity contribution in [2.24, 2.45) is 0 Å². The Morgan fingerprint density at radius 3 is 2.68 bits per heavy atom. The highest BCUT2D eigenvalue weighted by atomic mass is 16.3. The third-order valence-electron chi connectivity index (χ3n) is 3.82. The first-order valence-electron chi connectivity index (χ1n) is 8.06. The van der Waals surface area contributed by atoms with E-state index >= 15 is 0 Å². The molecule has 1 aromatic rings. The monoisotopic (exact) mass is 306 g/mol. The van der Waals surface area contributed by atoms with Gasteiger partial charge in [0.2, 0.25) is 0 Å². The van der Waals surface area contributed by atoms with Crippen LogP contribution in [0.3, 0.4) is 0 Å². The molecule has 1 aromatic heterocycles. The highest BCUT2D eigenvalue weighted by molar-refractivity contribution is 5.73. The van der Waals surface area contributed by atoms with Gasteiger partial charge in [-0.2, -0.15) is 0 Å². The Morgan fingerprint density at radius 1 is 1.23 bits per heavy atom. The lowest BCUT2D eigenvalue weighted by atomic mass is 10.2. The molecule has 1 aliphatic rings. The number of nitrogens with one attached hydrogen (secondary N) is 2. The van der Waals surface area contributed by atoms with E-state index in [0.29, 0.717) is 13.1 Å². The first kappa shape index (κ1) is 16.7. The molecule has 2 rings (SSSR count). The van der Waals surface area contributed by atoms with Crippen LogP contribution in [-0.4, -0.2) is 53.3 Å². The minimum atomic E-state index is -0.529. The number of aliphatic hydroxyl groups is 1. The lowest BCUT2D eigenvalue weighted by Crippen LogP contribution is -2.43. The fourth-order valence-electron chi connectivity index (χ4n) is 2.63.